The number of rotatable bonds is 4. The summed E-state index contributed by atoms with van der Waals surface area (Å²) in [4.78, 5) is 32.3. The van der Waals surface area contributed by atoms with Gasteiger partial charge < -0.3 is 4.90 Å². The van der Waals surface area contributed by atoms with E-state index in [1.165, 1.54) is 16.0 Å². The zero-order valence-corrected chi connectivity index (χ0v) is 16.8. The Morgan fingerprint density at radius 3 is 2.52 bits per heavy atom. The maximum Gasteiger partial charge on any atom is 0.405 e. The minimum Gasteiger partial charge on any atom is -0.341 e. The Balaban J connectivity index is 1.35. The lowest BCUT2D eigenvalue weighted by Crippen LogP contribution is -2.56. The van der Waals surface area contributed by atoms with Gasteiger partial charge in [-0.05, 0) is 31.7 Å². The molecule has 1 aromatic carbocycles. The highest BCUT2D eigenvalue weighted by Crippen LogP contribution is 2.40. The fraction of sp³-hybridized carbons (Fsp3) is 0.600. The first kappa shape index (κ1) is 22.0. The summed E-state index contributed by atoms with van der Waals surface area (Å²) >= 11 is 0. The van der Waals surface area contributed by atoms with Crippen molar-refractivity contribution < 1.29 is 32.0 Å². The fourth-order valence-electron chi connectivity index (χ4n) is 4.52. The predicted octanol–water partition coefficient (Wildman–Crippen LogP) is 2.04. The van der Waals surface area contributed by atoms with Crippen LogP contribution in [0.15, 0.2) is 24.3 Å². The number of halogens is 4. The zero-order chi connectivity index (χ0) is 22.2. The Morgan fingerprint density at radius 2 is 1.87 bits per heavy atom. The van der Waals surface area contributed by atoms with E-state index in [1.54, 1.807) is 18.2 Å². The number of hydrogen-bond acceptors (Lipinski definition) is 5. The monoisotopic (exact) mass is 444 g/mol. The third-order valence-corrected chi connectivity index (χ3v) is 6.37. The van der Waals surface area contributed by atoms with E-state index in [1.807, 2.05) is 0 Å². The van der Waals surface area contributed by atoms with Crippen molar-refractivity contribution in [3.8, 4) is 0 Å². The summed E-state index contributed by atoms with van der Waals surface area (Å²) < 4.78 is 52.4. The molecule has 3 saturated heterocycles. The van der Waals surface area contributed by atoms with Crippen LogP contribution >= 0.6 is 0 Å². The van der Waals surface area contributed by atoms with Crippen molar-refractivity contribution in [3.05, 3.63) is 35.6 Å². The van der Waals surface area contributed by atoms with Gasteiger partial charge in [-0.25, -0.2) is 20.3 Å². The SMILES string of the molecule is O=C(C1CC(C(F)(F)F)NN1)N1CCC2(CCC(=O)N2OCc2ccccc2F)CC1. The molecule has 31 heavy (non-hydrogen) atoms. The molecule has 2 unspecified atom stereocenters. The van der Waals surface area contributed by atoms with Gasteiger partial charge in [-0.15, -0.1) is 0 Å². The lowest BCUT2D eigenvalue weighted by atomic mass is 9.85. The topological polar surface area (TPSA) is 73.9 Å². The largest absolute Gasteiger partial charge is 0.405 e. The van der Waals surface area contributed by atoms with E-state index in [0.717, 1.165) is 0 Å². The number of hydrazine groups is 1. The molecule has 2 amide bonds. The Kier molecular flexibility index (Phi) is 5.93. The Bertz CT molecular complexity index is 842. The van der Waals surface area contributed by atoms with Crippen LogP contribution in [0, 0.1) is 5.82 Å². The molecule has 11 heteroatoms. The average molecular weight is 444 g/mol. The number of amides is 2. The lowest BCUT2D eigenvalue weighted by Gasteiger charge is -2.44. The summed E-state index contributed by atoms with van der Waals surface area (Å²) in [6.45, 7) is 0.528. The third kappa shape index (κ3) is 4.39. The van der Waals surface area contributed by atoms with E-state index in [9.17, 15) is 27.2 Å². The smallest absolute Gasteiger partial charge is 0.341 e. The molecule has 0 bridgehead atoms. The summed E-state index contributed by atoms with van der Waals surface area (Å²) in [7, 11) is 0. The number of hydrogen-bond donors (Lipinski definition) is 2. The molecule has 0 aromatic heterocycles. The molecule has 0 radical (unpaired) electrons. The number of piperidine rings is 1. The van der Waals surface area contributed by atoms with Gasteiger partial charge in [-0.2, -0.15) is 13.2 Å². The van der Waals surface area contributed by atoms with Gasteiger partial charge >= 0.3 is 6.18 Å². The average Bonchev–Trinajstić information content (AvgIpc) is 3.34. The van der Waals surface area contributed by atoms with Crippen LogP contribution in [0.25, 0.3) is 0 Å². The van der Waals surface area contributed by atoms with Crippen molar-refractivity contribution in [2.24, 2.45) is 0 Å². The van der Waals surface area contributed by atoms with Crippen LogP contribution < -0.4 is 10.9 Å². The maximum atomic E-state index is 13.9. The highest BCUT2D eigenvalue weighted by atomic mass is 19.4. The van der Waals surface area contributed by atoms with Gasteiger partial charge in [-0.1, -0.05) is 18.2 Å². The van der Waals surface area contributed by atoms with Gasteiger partial charge in [0.05, 0.1) is 5.54 Å². The molecule has 2 atom stereocenters. The molecular weight excluding hydrogens is 420 g/mol. The van der Waals surface area contributed by atoms with Crippen LogP contribution in [0.1, 0.15) is 37.7 Å². The van der Waals surface area contributed by atoms with E-state index in [-0.39, 0.29) is 18.9 Å². The summed E-state index contributed by atoms with van der Waals surface area (Å²) in [5, 5.41) is 1.33. The summed E-state index contributed by atoms with van der Waals surface area (Å²) in [6, 6.07) is 3.45. The molecule has 7 nitrogen and oxygen atoms in total. The van der Waals surface area contributed by atoms with Gasteiger partial charge in [0.2, 0.25) is 11.8 Å². The van der Waals surface area contributed by atoms with Crippen LogP contribution in [0.3, 0.4) is 0 Å². The lowest BCUT2D eigenvalue weighted by molar-refractivity contribution is -0.222. The molecule has 2 N–H and O–H groups in total. The molecule has 0 aliphatic carbocycles. The number of likely N-dealkylation sites (tertiary alicyclic amines) is 1. The summed E-state index contributed by atoms with van der Waals surface area (Å²) in [5.74, 6) is -0.999. The highest BCUT2D eigenvalue weighted by Gasteiger charge is 2.51. The molecule has 1 aromatic rings. The Labute approximate surface area is 176 Å². The maximum absolute atomic E-state index is 13.9. The third-order valence-electron chi connectivity index (χ3n) is 6.37. The van der Waals surface area contributed by atoms with E-state index >= 15 is 0 Å². The Hall–Kier alpha value is -2.24. The predicted molar refractivity (Wildman–Crippen MR) is 100 cm³/mol. The minimum atomic E-state index is -4.42. The highest BCUT2D eigenvalue weighted by molar-refractivity contribution is 5.82. The molecule has 4 rings (SSSR count). The number of carbonyl (C=O) groups is 2. The Morgan fingerprint density at radius 1 is 1.16 bits per heavy atom. The molecule has 1 spiro atoms. The molecule has 3 fully saturated rings. The minimum absolute atomic E-state index is 0.0840. The number of alkyl halides is 3. The van der Waals surface area contributed by atoms with Gasteiger partial charge in [0.25, 0.3) is 0 Å². The van der Waals surface area contributed by atoms with Gasteiger partial charge in [-0.3, -0.25) is 14.4 Å². The number of nitrogens with one attached hydrogen (secondary N) is 2. The van der Waals surface area contributed by atoms with Gasteiger partial charge in [0.15, 0.2) is 0 Å². The second kappa shape index (κ2) is 8.36. The quantitative estimate of drug-likeness (QED) is 0.696. The van der Waals surface area contributed by atoms with Crippen LogP contribution in [0.2, 0.25) is 0 Å². The van der Waals surface area contributed by atoms with Crippen LogP contribution in [-0.2, 0) is 21.0 Å². The van der Waals surface area contributed by atoms with Crippen molar-refractivity contribution in [2.75, 3.05) is 13.1 Å². The first-order valence-corrected chi connectivity index (χ1v) is 10.3. The van der Waals surface area contributed by atoms with E-state index < -0.39 is 35.5 Å². The second-order valence-electron chi connectivity index (χ2n) is 8.27. The number of carbonyl (C=O) groups excluding carboxylic acids is 2. The summed E-state index contributed by atoms with van der Waals surface area (Å²) in [5.41, 5.74) is 4.33. The molecular formula is C20H24F4N4O3. The van der Waals surface area contributed by atoms with Gasteiger partial charge in [0.1, 0.15) is 24.5 Å². The van der Waals surface area contributed by atoms with Crippen molar-refractivity contribution in [1.29, 1.82) is 0 Å². The van der Waals surface area contributed by atoms with E-state index in [4.69, 9.17) is 4.84 Å². The van der Waals surface area contributed by atoms with Crippen molar-refractivity contribution in [1.82, 2.24) is 20.8 Å². The molecule has 3 heterocycles. The van der Waals surface area contributed by atoms with Crippen molar-refractivity contribution in [2.45, 2.75) is 62.5 Å². The molecule has 3 aliphatic heterocycles. The number of nitrogens with zero attached hydrogens (tertiary/aromatic N) is 2. The van der Waals surface area contributed by atoms with Crippen molar-refractivity contribution >= 4 is 11.8 Å². The zero-order valence-electron chi connectivity index (χ0n) is 16.8. The van der Waals surface area contributed by atoms with Crippen molar-refractivity contribution in [3.63, 3.8) is 0 Å². The second-order valence-corrected chi connectivity index (χ2v) is 8.27. The standard InChI is InChI=1S/C20H24F4N4O3/c21-14-4-2-1-3-13(14)12-31-28-17(29)5-6-19(28)7-9-27(10-8-19)18(30)15-11-16(26-25-15)20(22,23)24/h1-4,15-16,25-26H,5-12H2. The number of benzene rings is 1. The van der Waals surface area contributed by atoms with E-state index in [2.05, 4.69) is 10.9 Å². The molecule has 170 valence electrons. The normalized spacial score (nSPS) is 26.1. The van der Waals surface area contributed by atoms with Crippen LogP contribution in [0.5, 0.6) is 0 Å². The first-order valence-electron chi connectivity index (χ1n) is 10.3. The first-order chi connectivity index (χ1) is 14.7. The number of hydroxylamine groups is 2. The van der Waals surface area contributed by atoms with Crippen LogP contribution in [-0.4, -0.2) is 58.7 Å². The molecule has 3 aliphatic rings. The molecule has 0 saturated carbocycles. The van der Waals surface area contributed by atoms with E-state index in [0.29, 0.717) is 44.3 Å². The van der Waals surface area contributed by atoms with Crippen LogP contribution in [0.4, 0.5) is 17.6 Å². The van der Waals surface area contributed by atoms with Gasteiger partial charge in [0, 0.05) is 25.1 Å². The fourth-order valence-corrected chi connectivity index (χ4v) is 4.52. The summed E-state index contributed by atoms with van der Waals surface area (Å²) in [6.07, 6.45) is -3.03.